The quantitative estimate of drug-likeness (QED) is 0.733. The topological polar surface area (TPSA) is 71.3 Å². The third-order valence-electron chi connectivity index (χ3n) is 3.38. The summed E-state index contributed by atoms with van der Waals surface area (Å²) in [6.07, 6.45) is 4.40. The first kappa shape index (κ1) is 15.1. The molecule has 0 aliphatic rings. The number of fused-ring (bicyclic) bond motifs is 1. The van der Waals surface area contributed by atoms with Gasteiger partial charge >= 0.3 is 5.97 Å². The number of rotatable bonds is 8. The summed E-state index contributed by atoms with van der Waals surface area (Å²) >= 11 is 0. The van der Waals surface area contributed by atoms with Crippen LogP contribution in [0, 0.1) is 0 Å². The third-order valence-corrected chi connectivity index (χ3v) is 3.38. The Balaban J connectivity index is 1.71. The summed E-state index contributed by atoms with van der Waals surface area (Å²) in [6, 6.07) is 9.94. The van der Waals surface area contributed by atoms with Gasteiger partial charge in [-0.3, -0.25) is 9.59 Å². The zero-order chi connectivity index (χ0) is 15.1. The van der Waals surface area contributed by atoms with Crippen molar-refractivity contribution in [3.8, 4) is 0 Å². The van der Waals surface area contributed by atoms with Gasteiger partial charge < -0.3 is 15.0 Å². The van der Waals surface area contributed by atoms with Crippen molar-refractivity contribution in [2.75, 3.05) is 6.54 Å². The lowest BCUT2D eigenvalue weighted by molar-refractivity contribution is -0.137. The van der Waals surface area contributed by atoms with Crippen LogP contribution in [0.2, 0.25) is 0 Å². The number of unbranched alkanes of at least 4 members (excludes halogenated alkanes) is 2. The molecule has 1 amide bonds. The Labute approximate surface area is 123 Å². The molecule has 0 saturated carbocycles. The first-order valence-corrected chi connectivity index (χ1v) is 7.19. The van der Waals surface area contributed by atoms with Gasteiger partial charge in [0, 0.05) is 24.7 Å². The molecule has 2 N–H and O–H groups in total. The summed E-state index contributed by atoms with van der Waals surface area (Å²) in [5, 5.41) is 12.5. The third kappa shape index (κ3) is 4.63. The Bertz CT molecular complexity index is 619. The van der Waals surface area contributed by atoms with Crippen molar-refractivity contribution < 1.29 is 14.7 Å². The molecule has 5 nitrogen and oxygen atoms in total. The second-order valence-corrected chi connectivity index (χ2v) is 5.06. The van der Waals surface area contributed by atoms with Crippen molar-refractivity contribution in [3.63, 3.8) is 0 Å². The fourth-order valence-corrected chi connectivity index (χ4v) is 2.29. The smallest absolute Gasteiger partial charge is 0.303 e. The van der Waals surface area contributed by atoms with Gasteiger partial charge in [0.05, 0.1) is 0 Å². The number of carbonyl (C=O) groups is 2. The van der Waals surface area contributed by atoms with Crippen molar-refractivity contribution in [3.05, 3.63) is 36.5 Å². The van der Waals surface area contributed by atoms with E-state index in [0.717, 1.165) is 23.7 Å². The predicted octanol–water partition coefficient (Wildman–Crippen LogP) is 2.40. The summed E-state index contributed by atoms with van der Waals surface area (Å²) < 4.78 is 1.93. The molecule has 0 aliphatic carbocycles. The van der Waals surface area contributed by atoms with E-state index < -0.39 is 5.97 Å². The molecular weight excluding hydrogens is 268 g/mol. The van der Waals surface area contributed by atoms with Gasteiger partial charge in [0.2, 0.25) is 5.91 Å². The van der Waals surface area contributed by atoms with Crippen LogP contribution in [0.25, 0.3) is 10.9 Å². The molecule has 0 saturated heterocycles. The highest BCUT2D eigenvalue weighted by atomic mass is 16.4. The maximum absolute atomic E-state index is 11.9. The highest BCUT2D eigenvalue weighted by molar-refractivity contribution is 5.83. The molecular formula is C16H20N2O3. The van der Waals surface area contributed by atoms with Crippen molar-refractivity contribution in [2.24, 2.45) is 0 Å². The molecule has 1 heterocycles. The number of aliphatic carboxylic acids is 1. The van der Waals surface area contributed by atoms with Gasteiger partial charge in [-0.25, -0.2) is 0 Å². The zero-order valence-corrected chi connectivity index (χ0v) is 11.9. The van der Waals surface area contributed by atoms with Crippen LogP contribution in [0.4, 0.5) is 0 Å². The van der Waals surface area contributed by atoms with E-state index in [4.69, 9.17) is 5.11 Å². The van der Waals surface area contributed by atoms with E-state index in [1.807, 2.05) is 41.1 Å². The molecule has 2 rings (SSSR count). The summed E-state index contributed by atoms with van der Waals surface area (Å²) in [7, 11) is 0. The second kappa shape index (κ2) is 7.47. The Hall–Kier alpha value is -2.30. The number of nitrogens with one attached hydrogen (secondary N) is 1. The SMILES string of the molecule is O=C(O)CCCCCNC(=O)Cn1ccc2ccccc21. The van der Waals surface area contributed by atoms with Gasteiger partial charge in [0.15, 0.2) is 0 Å². The zero-order valence-electron chi connectivity index (χ0n) is 11.9. The standard InChI is InChI=1S/C16H20N2O3/c19-15(17-10-5-1-2-8-16(20)21)12-18-11-9-13-6-3-4-7-14(13)18/h3-4,6-7,9,11H,1-2,5,8,10,12H2,(H,17,19)(H,20,21). The number of carbonyl (C=O) groups excluding carboxylic acids is 1. The molecule has 0 bridgehead atoms. The fraction of sp³-hybridized carbons (Fsp3) is 0.375. The lowest BCUT2D eigenvalue weighted by atomic mass is 10.2. The lowest BCUT2D eigenvalue weighted by Crippen LogP contribution is -2.28. The summed E-state index contributed by atoms with van der Waals surface area (Å²) in [5.74, 6) is -0.784. The molecule has 0 aliphatic heterocycles. The molecule has 0 fully saturated rings. The minimum Gasteiger partial charge on any atom is -0.481 e. The van der Waals surface area contributed by atoms with Crippen LogP contribution in [0.1, 0.15) is 25.7 Å². The number of carboxylic acids is 1. The Kier molecular flexibility index (Phi) is 5.37. The average Bonchev–Trinajstić information content (AvgIpc) is 2.86. The number of aromatic nitrogens is 1. The Morgan fingerprint density at radius 3 is 2.71 bits per heavy atom. The molecule has 0 unspecified atom stereocenters. The normalized spacial score (nSPS) is 10.7. The summed E-state index contributed by atoms with van der Waals surface area (Å²) in [4.78, 5) is 22.2. The van der Waals surface area contributed by atoms with Crippen LogP contribution in [0.3, 0.4) is 0 Å². The van der Waals surface area contributed by atoms with E-state index in [9.17, 15) is 9.59 Å². The van der Waals surface area contributed by atoms with Crippen LogP contribution in [-0.4, -0.2) is 28.1 Å². The number of para-hydroxylation sites is 1. The minimum atomic E-state index is -0.765. The summed E-state index contributed by atoms with van der Waals surface area (Å²) in [6.45, 7) is 0.903. The number of carboxylic acid groups (broad SMARTS) is 1. The molecule has 112 valence electrons. The number of benzene rings is 1. The summed E-state index contributed by atoms with van der Waals surface area (Å²) in [5.41, 5.74) is 1.05. The molecule has 0 atom stereocenters. The minimum absolute atomic E-state index is 0.0189. The molecule has 1 aromatic heterocycles. The Morgan fingerprint density at radius 1 is 1.10 bits per heavy atom. The van der Waals surface area contributed by atoms with E-state index in [0.29, 0.717) is 19.5 Å². The molecule has 0 spiro atoms. The number of hydrogen-bond donors (Lipinski definition) is 2. The van der Waals surface area contributed by atoms with Crippen molar-refractivity contribution in [1.29, 1.82) is 0 Å². The average molecular weight is 288 g/mol. The number of amides is 1. The van der Waals surface area contributed by atoms with Gasteiger partial charge in [-0.1, -0.05) is 24.6 Å². The van der Waals surface area contributed by atoms with Gasteiger partial charge in [-0.2, -0.15) is 0 Å². The van der Waals surface area contributed by atoms with Crippen molar-refractivity contribution in [1.82, 2.24) is 9.88 Å². The van der Waals surface area contributed by atoms with E-state index in [-0.39, 0.29) is 12.3 Å². The van der Waals surface area contributed by atoms with E-state index >= 15 is 0 Å². The molecule has 0 radical (unpaired) electrons. The maximum atomic E-state index is 11.9. The maximum Gasteiger partial charge on any atom is 0.303 e. The highest BCUT2D eigenvalue weighted by Crippen LogP contribution is 2.14. The van der Waals surface area contributed by atoms with Crippen LogP contribution in [-0.2, 0) is 16.1 Å². The highest BCUT2D eigenvalue weighted by Gasteiger charge is 2.05. The first-order chi connectivity index (χ1) is 10.2. The van der Waals surface area contributed by atoms with Crippen LogP contribution in [0.15, 0.2) is 36.5 Å². The Morgan fingerprint density at radius 2 is 1.90 bits per heavy atom. The van der Waals surface area contributed by atoms with E-state index in [1.165, 1.54) is 0 Å². The largest absolute Gasteiger partial charge is 0.481 e. The van der Waals surface area contributed by atoms with Crippen molar-refractivity contribution >= 4 is 22.8 Å². The van der Waals surface area contributed by atoms with Gasteiger partial charge in [-0.05, 0) is 30.4 Å². The van der Waals surface area contributed by atoms with Gasteiger partial charge in [0.25, 0.3) is 0 Å². The molecule has 21 heavy (non-hydrogen) atoms. The van der Waals surface area contributed by atoms with Gasteiger partial charge in [-0.15, -0.1) is 0 Å². The van der Waals surface area contributed by atoms with Gasteiger partial charge in [0.1, 0.15) is 6.54 Å². The van der Waals surface area contributed by atoms with Crippen LogP contribution < -0.4 is 5.32 Å². The number of hydrogen-bond acceptors (Lipinski definition) is 2. The molecule has 1 aromatic carbocycles. The first-order valence-electron chi connectivity index (χ1n) is 7.19. The lowest BCUT2D eigenvalue weighted by Gasteiger charge is -2.07. The fourth-order valence-electron chi connectivity index (χ4n) is 2.29. The van der Waals surface area contributed by atoms with E-state index in [2.05, 4.69) is 5.32 Å². The second-order valence-electron chi connectivity index (χ2n) is 5.06. The van der Waals surface area contributed by atoms with Crippen LogP contribution in [0.5, 0.6) is 0 Å². The molecule has 5 heteroatoms. The number of nitrogens with zero attached hydrogens (tertiary/aromatic N) is 1. The van der Waals surface area contributed by atoms with E-state index in [1.54, 1.807) is 0 Å². The molecule has 2 aromatic rings. The van der Waals surface area contributed by atoms with Crippen molar-refractivity contribution in [2.45, 2.75) is 32.2 Å². The predicted molar refractivity (Wildman–Crippen MR) is 81.1 cm³/mol. The van der Waals surface area contributed by atoms with Crippen LogP contribution >= 0.6 is 0 Å². The monoisotopic (exact) mass is 288 g/mol.